The molecule has 2 aromatic carbocycles. The summed E-state index contributed by atoms with van der Waals surface area (Å²) >= 11 is 0. The zero-order valence-corrected chi connectivity index (χ0v) is 18.5. The average molecular weight is 474 g/mol. The van der Waals surface area contributed by atoms with Crippen LogP contribution in [0.15, 0.2) is 75.2 Å². The molecule has 2 heterocycles. The predicted molar refractivity (Wildman–Crippen MR) is 125 cm³/mol. The van der Waals surface area contributed by atoms with Crippen LogP contribution in [0.4, 0.5) is 16.0 Å². The summed E-state index contributed by atoms with van der Waals surface area (Å²) in [4.78, 5) is 44.8. The summed E-state index contributed by atoms with van der Waals surface area (Å²) in [6, 6.07) is 15.4. The van der Waals surface area contributed by atoms with Crippen LogP contribution in [-0.4, -0.2) is 26.2 Å². The molecule has 0 aliphatic rings. The van der Waals surface area contributed by atoms with Crippen LogP contribution in [-0.2, 0) is 13.1 Å². The van der Waals surface area contributed by atoms with E-state index in [1.807, 2.05) is 0 Å². The van der Waals surface area contributed by atoms with Gasteiger partial charge in [0.25, 0.3) is 5.56 Å². The third kappa shape index (κ3) is 5.01. The van der Waals surface area contributed by atoms with Gasteiger partial charge in [-0.05, 0) is 48.0 Å². The van der Waals surface area contributed by atoms with Gasteiger partial charge < -0.3 is 15.0 Å². The van der Waals surface area contributed by atoms with E-state index >= 15 is 0 Å². The molecule has 0 radical (unpaired) electrons. The molecule has 176 valence electrons. The number of aromatic nitrogens is 4. The summed E-state index contributed by atoms with van der Waals surface area (Å²) in [6.45, 7) is -0.415. The Kier molecular flexibility index (Phi) is 6.55. The zero-order valence-electron chi connectivity index (χ0n) is 18.5. The minimum Gasteiger partial charge on any atom is -0.497 e. The molecule has 4 aromatic rings. The number of H-pyrrole nitrogens is 1. The Bertz CT molecular complexity index is 1600. The maximum atomic E-state index is 13.8. The number of benzene rings is 2. The van der Waals surface area contributed by atoms with Crippen LogP contribution in [0.25, 0.3) is 0 Å². The highest BCUT2D eigenvalue weighted by Crippen LogP contribution is 2.19. The van der Waals surface area contributed by atoms with Crippen molar-refractivity contribution in [3.8, 4) is 11.8 Å². The summed E-state index contributed by atoms with van der Waals surface area (Å²) in [6.07, 6.45) is 1.44. The molecule has 10 nitrogen and oxygen atoms in total. The molecule has 0 atom stereocenters. The lowest BCUT2D eigenvalue weighted by molar-refractivity contribution is 0.415. The number of hydrogen-bond acceptors (Lipinski definition) is 7. The number of pyridine rings is 1. The van der Waals surface area contributed by atoms with Crippen LogP contribution in [0, 0.1) is 17.1 Å². The largest absolute Gasteiger partial charge is 0.497 e. The highest BCUT2D eigenvalue weighted by atomic mass is 19.1. The third-order valence-electron chi connectivity index (χ3n) is 5.22. The van der Waals surface area contributed by atoms with Gasteiger partial charge in [0.1, 0.15) is 17.6 Å². The molecule has 0 fully saturated rings. The number of halogens is 1. The lowest BCUT2D eigenvalue weighted by Gasteiger charge is -2.16. The van der Waals surface area contributed by atoms with Gasteiger partial charge in [-0.3, -0.25) is 9.36 Å². The number of rotatable bonds is 7. The smallest absolute Gasteiger partial charge is 0.355 e. The first-order chi connectivity index (χ1) is 16.9. The maximum Gasteiger partial charge on any atom is 0.355 e. The standard InChI is InChI=1S/C24H19FN6O4/c1-35-19-7-5-18(6-8-19)28-22-29-23(33)31(14-16-3-2-10-27-21(16)32)24(34)30(22)13-15-4-9-20(25)17(11-15)12-26/h2-11H,13-14H2,1H3,(H,27,32)(H,28,29,33). The Balaban J connectivity index is 1.82. The fraction of sp³-hybridized carbons (Fsp3) is 0.125. The molecule has 0 spiro atoms. The van der Waals surface area contributed by atoms with Crippen molar-refractivity contribution in [2.45, 2.75) is 13.1 Å². The van der Waals surface area contributed by atoms with E-state index in [1.165, 1.54) is 36.1 Å². The summed E-state index contributed by atoms with van der Waals surface area (Å²) in [5.74, 6) is -0.141. The normalized spacial score (nSPS) is 10.5. The van der Waals surface area contributed by atoms with Gasteiger partial charge in [0.2, 0.25) is 5.95 Å². The molecular formula is C24H19FN6O4. The Hall–Kier alpha value is -4.98. The average Bonchev–Trinajstić information content (AvgIpc) is 2.86. The summed E-state index contributed by atoms with van der Waals surface area (Å²) in [7, 11) is 1.53. The number of nitrogens with one attached hydrogen (secondary N) is 2. The predicted octanol–water partition coefficient (Wildman–Crippen LogP) is 1.95. The molecule has 35 heavy (non-hydrogen) atoms. The molecule has 0 aliphatic carbocycles. The second kappa shape index (κ2) is 9.88. The number of hydrogen-bond donors (Lipinski definition) is 2. The fourth-order valence-electron chi connectivity index (χ4n) is 3.40. The van der Waals surface area contributed by atoms with Crippen molar-refractivity contribution in [1.29, 1.82) is 5.26 Å². The van der Waals surface area contributed by atoms with E-state index in [2.05, 4.69) is 15.3 Å². The Morgan fingerprint density at radius 3 is 2.54 bits per heavy atom. The Morgan fingerprint density at radius 2 is 1.86 bits per heavy atom. The molecule has 0 saturated heterocycles. The lowest BCUT2D eigenvalue weighted by atomic mass is 10.1. The highest BCUT2D eigenvalue weighted by molar-refractivity contribution is 5.54. The lowest BCUT2D eigenvalue weighted by Crippen LogP contribution is -2.43. The topological polar surface area (TPSA) is 135 Å². The van der Waals surface area contributed by atoms with E-state index in [0.717, 1.165) is 10.6 Å². The van der Waals surface area contributed by atoms with Gasteiger partial charge in [-0.15, -0.1) is 0 Å². The van der Waals surface area contributed by atoms with Gasteiger partial charge in [-0.1, -0.05) is 12.1 Å². The molecule has 4 rings (SSSR count). The van der Waals surface area contributed by atoms with E-state index in [4.69, 9.17) is 10.00 Å². The van der Waals surface area contributed by atoms with E-state index in [9.17, 15) is 18.8 Å². The molecule has 0 unspecified atom stereocenters. The first-order valence-electron chi connectivity index (χ1n) is 10.4. The minimum absolute atomic E-state index is 0.0637. The van der Waals surface area contributed by atoms with Crippen molar-refractivity contribution in [3.05, 3.63) is 115 Å². The number of nitrogens with zero attached hydrogens (tertiary/aromatic N) is 4. The molecule has 2 aromatic heterocycles. The second-order valence-corrected chi connectivity index (χ2v) is 7.48. The van der Waals surface area contributed by atoms with Crippen LogP contribution >= 0.6 is 0 Å². The Labute approximate surface area is 197 Å². The van der Waals surface area contributed by atoms with Crippen molar-refractivity contribution in [3.63, 3.8) is 0 Å². The summed E-state index contributed by atoms with van der Waals surface area (Å²) < 4.78 is 21.0. The molecule has 11 heteroatoms. The molecule has 0 bridgehead atoms. The summed E-state index contributed by atoms with van der Waals surface area (Å²) in [5.41, 5.74) is -1.06. The van der Waals surface area contributed by atoms with Gasteiger partial charge in [0, 0.05) is 17.4 Å². The van der Waals surface area contributed by atoms with Crippen LogP contribution in [0.2, 0.25) is 0 Å². The van der Waals surface area contributed by atoms with Crippen LogP contribution in [0.3, 0.4) is 0 Å². The van der Waals surface area contributed by atoms with E-state index in [-0.39, 0.29) is 30.2 Å². The number of aromatic amines is 1. The van der Waals surface area contributed by atoms with E-state index in [0.29, 0.717) is 17.0 Å². The van der Waals surface area contributed by atoms with E-state index in [1.54, 1.807) is 36.4 Å². The van der Waals surface area contributed by atoms with Crippen LogP contribution < -0.4 is 27.0 Å². The monoisotopic (exact) mass is 474 g/mol. The highest BCUT2D eigenvalue weighted by Gasteiger charge is 2.16. The van der Waals surface area contributed by atoms with Crippen molar-refractivity contribution < 1.29 is 9.13 Å². The molecule has 2 N–H and O–H groups in total. The third-order valence-corrected chi connectivity index (χ3v) is 5.22. The maximum absolute atomic E-state index is 13.8. The quantitative estimate of drug-likeness (QED) is 0.418. The van der Waals surface area contributed by atoms with Crippen molar-refractivity contribution in [2.75, 3.05) is 12.4 Å². The SMILES string of the molecule is COc1ccc(Nc2nc(=O)n(Cc3ccc[nH]c3=O)c(=O)n2Cc2ccc(F)c(C#N)c2)cc1. The van der Waals surface area contributed by atoms with Gasteiger partial charge in [-0.25, -0.2) is 18.5 Å². The Morgan fingerprint density at radius 1 is 1.09 bits per heavy atom. The molecule has 0 amide bonds. The number of anilines is 2. The first-order valence-corrected chi connectivity index (χ1v) is 10.4. The molecular weight excluding hydrogens is 455 g/mol. The van der Waals surface area contributed by atoms with Gasteiger partial charge in [0.15, 0.2) is 0 Å². The molecule has 0 aliphatic heterocycles. The first kappa shape index (κ1) is 23.2. The number of nitriles is 1. The number of ether oxygens (including phenoxy) is 1. The van der Waals surface area contributed by atoms with Crippen molar-refractivity contribution >= 4 is 11.6 Å². The number of methoxy groups -OCH3 is 1. The summed E-state index contributed by atoms with van der Waals surface area (Å²) in [5, 5.41) is 12.1. The molecule has 0 saturated carbocycles. The van der Waals surface area contributed by atoms with Gasteiger partial charge >= 0.3 is 11.4 Å². The zero-order chi connectivity index (χ0) is 24.9. The van der Waals surface area contributed by atoms with Crippen molar-refractivity contribution in [1.82, 2.24) is 19.1 Å². The second-order valence-electron chi connectivity index (χ2n) is 7.48. The van der Waals surface area contributed by atoms with Crippen LogP contribution in [0.1, 0.15) is 16.7 Å². The van der Waals surface area contributed by atoms with Gasteiger partial charge in [0.05, 0.1) is 25.8 Å². The van der Waals surface area contributed by atoms with Crippen LogP contribution in [0.5, 0.6) is 5.75 Å². The minimum atomic E-state index is -0.859. The fourth-order valence-corrected chi connectivity index (χ4v) is 3.40. The van der Waals surface area contributed by atoms with E-state index < -0.39 is 22.8 Å². The van der Waals surface area contributed by atoms with Crippen molar-refractivity contribution in [2.24, 2.45) is 0 Å². The van der Waals surface area contributed by atoms with Gasteiger partial charge in [-0.2, -0.15) is 10.2 Å².